The Bertz CT molecular complexity index is 210. The molecule has 0 aliphatic rings. The first-order chi connectivity index (χ1) is 6.07. The molecule has 0 saturated carbocycles. The summed E-state index contributed by atoms with van der Waals surface area (Å²) < 4.78 is 47.5. The molecule has 0 rings (SSSR count). The molecule has 0 spiro atoms. The summed E-state index contributed by atoms with van der Waals surface area (Å²) in [6.45, 7) is 2.52. The van der Waals surface area contributed by atoms with Crippen molar-refractivity contribution in [1.29, 1.82) is 0 Å². The van der Waals surface area contributed by atoms with Gasteiger partial charge in [0, 0.05) is 0 Å². The van der Waals surface area contributed by atoms with E-state index >= 15 is 0 Å². The number of carboxylic acids is 1. The third-order valence-corrected chi connectivity index (χ3v) is 1.96. The predicted octanol–water partition coefficient (Wildman–Crippen LogP) is 2.78. The highest BCUT2D eigenvalue weighted by Gasteiger charge is 2.41. The van der Waals surface area contributed by atoms with E-state index in [0.717, 1.165) is 0 Å². The molecule has 14 heavy (non-hydrogen) atoms. The summed E-state index contributed by atoms with van der Waals surface area (Å²) in [4.78, 5) is 10.5. The van der Waals surface area contributed by atoms with Crippen molar-refractivity contribution in [2.75, 3.05) is 0 Å². The van der Waals surface area contributed by atoms with Crippen LogP contribution in [0.25, 0.3) is 0 Å². The third-order valence-electron chi connectivity index (χ3n) is 1.96. The first kappa shape index (κ1) is 13.2. The Morgan fingerprint density at radius 3 is 2.07 bits per heavy atom. The largest absolute Gasteiger partial charge is 0.481 e. The molecular formula is C8H12F4O2. The zero-order valence-corrected chi connectivity index (χ0v) is 7.86. The van der Waals surface area contributed by atoms with Crippen LogP contribution >= 0.6 is 0 Å². The Hall–Kier alpha value is -0.810. The maximum atomic E-state index is 12.4. The second-order valence-electron chi connectivity index (χ2n) is 3.74. The molecule has 0 aromatic carbocycles. The zero-order valence-electron chi connectivity index (χ0n) is 7.86. The Morgan fingerprint density at radius 2 is 1.79 bits per heavy atom. The number of alkyl halides is 4. The molecular weight excluding hydrogens is 204 g/mol. The molecule has 0 saturated heterocycles. The average Bonchev–Trinajstić information content (AvgIpc) is 1.98. The molecule has 0 fully saturated rings. The fraction of sp³-hybridized carbons (Fsp3) is 0.875. The number of carbonyl (C=O) groups is 1. The van der Waals surface area contributed by atoms with Gasteiger partial charge in [0.2, 0.25) is 0 Å². The van der Waals surface area contributed by atoms with Crippen LogP contribution in [0.5, 0.6) is 0 Å². The number of hydrogen-bond donors (Lipinski definition) is 1. The maximum Gasteiger partial charge on any atom is 0.419 e. The summed E-state index contributed by atoms with van der Waals surface area (Å²) in [5.41, 5.74) is -1.32. The van der Waals surface area contributed by atoms with Gasteiger partial charge in [-0.1, -0.05) is 0 Å². The minimum absolute atomic E-state index is 0.344. The van der Waals surface area contributed by atoms with Gasteiger partial charge in [0.05, 0.1) is 5.41 Å². The molecule has 2 nitrogen and oxygen atoms in total. The lowest BCUT2D eigenvalue weighted by Gasteiger charge is -2.20. The van der Waals surface area contributed by atoms with E-state index in [1.807, 2.05) is 0 Å². The van der Waals surface area contributed by atoms with Gasteiger partial charge < -0.3 is 5.11 Å². The van der Waals surface area contributed by atoms with E-state index in [1.165, 1.54) is 13.8 Å². The van der Waals surface area contributed by atoms with Crippen LogP contribution in [0.3, 0.4) is 0 Å². The van der Waals surface area contributed by atoms with Crippen LogP contribution in [0.15, 0.2) is 0 Å². The second-order valence-corrected chi connectivity index (χ2v) is 3.74. The first-order valence-corrected chi connectivity index (χ1v) is 4.01. The predicted molar refractivity (Wildman–Crippen MR) is 41.6 cm³/mol. The van der Waals surface area contributed by atoms with Crippen molar-refractivity contribution < 1.29 is 27.5 Å². The number of carboxylic acid groups (broad SMARTS) is 1. The summed E-state index contributed by atoms with van der Waals surface area (Å²) in [6.07, 6.45) is -9.00. The highest BCUT2D eigenvalue weighted by molar-refractivity contribution is 5.73. The highest BCUT2D eigenvalue weighted by Crippen LogP contribution is 2.31. The lowest BCUT2D eigenvalue weighted by molar-refractivity contribution is -0.184. The lowest BCUT2D eigenvalue weighted by Crippen LogP contribution is -2.29. The van der Waals surface area contributed by atoms with Crippen LogP contribution in [0.1, 0.15) is 26.7 Å². The molecule has 0 aliphatic carbocycles. The van der Waals surface area contributed by atoms with Crippen LogP contribution in [0.4, 0.5) is 17.6 Å². The summed E-state index contributed by atoms with van der Waals surface area (Å²) in [5, 5.41) is 8.55. The SMILES string of the molecule is CC(C)(CCC(F)C(F)(F)F)C(=O)O. The van der Waals surface area contributed by atoms with Crippen molar-refractivity contribution in [1.82, 2.24) is 0 Å². The molecule has 0 aliphatic heterocycles. The average molecular weight is 216 g/mol. The summed E-state index contributed by atoms with van der Waals surface area (Å²) >= 11 is 0. The Kier molecular flexibility index (Phi) is 3.91. The molecule has 0 radical (unpaired) electrons. The standard InChI is InChI=1S/C8H12F4O2/c1-7(2,6(13)14)4-3-5(9)8(10,11)12/h5H,3-4H2,1-2H3,(H,13,14). The Balaban J connectivity index is 4.13. The van der Waals surface area contributed by atoms with Crippen LogP contribution in [-0.2, 0) is 4.79 Å². The van der Waals surface area contributed by atoms with Gasteiger partial charge >= 0.3 is 12.1 Å². The van der Waals surface area contributed by atoms with E-state index in [2.05, 4.69) is 0 Å². The molecule has 0 amide bonds. The lowest BCUT2D eigenvalue weighted by atomic mass is 9.87. The molecule has 6 heteroatoms. The fourth-order valence-corrected chi connectivity index (χ4v) is 0.758. The summed E-state index contributed by atoms with van der Waals surface area (Å²) in [6, 6.07) is 0. The van der Waals surface area contributed by atoms with Crippen molar-refractivity contribution in [3.63, 3.8) is 0 Å². The second kappa shape index (κ2) is 4.14. The molecule has 84 valence electrons. The molecule has 0 heterocycles. The molecule has 0 bridgehead atoms. The topological polar surface area (TPSA) is 37.3 Å². The van der Waals surface area contributed by atoms with Crippen LogP contribution < -0.4 is 0 Å². The van der Waals surface area contributed by atoms with Crippen LogP contribution in [0, 0.1) is 5.41 Å². The minimum Gasteiger partial charge on any atom is -0.481 e. The van der Waals surface area contributed by atoms with Crippen molar-refractivity contribution in [2.45, 2.75) is 39.0 Å². The smallest absolute Gasteiger partial charge is 0.419 e. The molecule has 0 aromatic heterocycles. The van der Waals surface area contributed by atoms with E-state index in [1.54, 1.807) is 0 Å². The van der Waals surface area contributed by atoms with E-state index in [0.29, 0.717) is 0 Å². The Morgan fingerprint density at radius 1 is 1.36 bits per heavy atom. The minimum atomic E-state index is -4.89. The third kappa shape index (κ3) is 3.93. The van der Waals surface area contributed by atoms with Gasteiger partial charge in [0.25, 0.3) is 0 Å². The van der Waals surface area contributed by atoms with Gasteiger partial charge in [-0.05, 0) is 26.7 Å². The zero-order chi connectivity index (χ0) is 11.6. The molecule has 1 N–H and O–H groups in total. The van der Waals surface area contributed by atoms with Gasteiger partial charge in [-0.25, -0.2) is 4.39 Å². The van der Waals surface area contributed by atoms with Crippen molar-refractivity contribution in [3.8, 4) is 0 Å². The molecule has 0 aromatic rings. The van der Waals surface area contributed by atoms with Gasteiger partial charge in [0.1, 0.15) is 0 Å². The quantitative estimate of drug-likeness (QED) is 0.733. The maximum absolute atomic E-state index is 12.4. The van der Waals surface area contributed by atoms with Crippen LogP contribution in [0.2, 0.25) is 0 Å². The van der Waals surface area contributed by atoms with Gasteiger partial charge in [0.15, 0.2) is 6.17 Å². The highest BCUT2D eigenvalue weighted by atomic mass is 19.4. The van der Waals surface area contributed by atoms with Gasteiger partial charge in [-0.15, -0.1) is 0 Å². The summed E-state index contributed by atoms with van der Waals surface area (Å²) in [7, 11) is 0. The van der Waals surface area contributed by atoms with Crippen molar-refractivity contribution in [3.05, 3.63) is 0 Å². The van der Waals surface area contributed by atoms with Gasteiger partial charge in [-0.3, -0.25) is 4.79 Å². The van der Waals surface area contributed by atoms with E-state index in [9.17, 15) is 22.4 Å². The normalized spacial score (nSPS) is 15.3. The first-order valence-electron chi connectivity index (χ1n) is 4.01. The number of hydrogen-bond acceptors (Lipinski definition) is 1. The van der Waals surface area contributed by atoms with E-state index in [-0.39, 0.29) is 6.42 Å². The Labute approximate surface area is 78.9 Å². The fourth-order valence-electron chi connectivity index (χ4n) is 0.758. The summed E-state index contributed by atoms with van der Waals surface area (Å²) in [5.74, 6) is -1.23. The van der Waals surface area contributed by atoms with Crippen LogP contribution in [-0.4, -0.2) is 23.4 Å². The van der Waals surface area contributed by atoms with Crippen molar-refractivity contribution >= 4 is 5.97 Å². The molecule has 1 unspecified atom stereocenters. The van der Waals surface area contributed by atoms with E-state index in [4.69, 9.17) is 5.11 Å². The van der Waals surface area contributed by atoms with Crippen molar-refractivity contribution in [2.24, 2.45) is 5.41 Å². The molecule has 1 atom stereocenters. The van der Waals surface area contributed by atoms with E-state index < -0.39 is 30.2 Å². The number of aliphatic carboxylic acids is 1. The van der Waals surface area contributed by atoms with Gasteiger partial charge in [-0.2, -0.15) is 13.2 Å². The monoisotopic (exact) mass is 216 g/mol. The number of halogens is 4. The number of rotatable bonds is 4.